The number of sulfonamides is 1. The average molecular weight is 391 g/mol. The van der Waals surface area contributed by atoms with Crippen LogP contribution in [0.2, 0.25) is 5.02 Å². The highest BCUT2D eigenvalue weighted by Crippen LogP contribution is 2.38. The zero-order chi connectivity index (χ0) is 18.9. The molecule has 134 valence electrons. The van der Waals surface area contributed by atoms with E-state index in [1.165, 1.54) is 37.3 Å². The summed E-state index contributed by atoms with van der Waals surface area (Å²) in [4.78, 5) is 11.1. The molecule has 3 aromatic rings. The summed E-state index contributed by atoms with van der Waals surface area (Å²) in [6, 6.07) is 13.9. The number of aromatic hydroxyl groups is 1. The second-order valence-corrected chi connectivity index (χ2v) is 7.70. The Labute approximate surface area is 155 Å². The zero-order valence-electron chi connectivity index (χ0n) is 13.7. The van der Waals surface area contributed by atoms with Crippen molar-refractivity contribution in [3.63, 3.8) is 0 Å². The third-order valence-corrected chi connectivity index (χ3v) is 5.37. The minimum atomic E-state index is -3.88. The molecule has 0 aliphatic rings. The summed E-state index contributed by atoms with van der Waals surface area (Å²) in [6.45, 7) is 1.37. The molecule has 0 saturated carbocycles. The lowest BCUT2D eigenvalue weighted by atomic mass is 10.1. The first kappa shape index (κ1) is 18.0. The lowest BCUT2D eigenvalue weighted by Crippen LogP contribution is -2.13. The van der Waals surface area contributed by atoms with E-state index in [0.29, 0.717) is 16.5 Å². The fraction of sp³-hybridized carbons (Fsp3) is 0.0556. The summed E-state index contributed by atoms with van der Waals surface area (Å²) < 4.78 is 27.8. The Hall–Kier alpha value is -2.77. The number of fused-ring (bicyclic) bond motifs is 1. The molecule has 6 nitrogen and oxygen atoms in total. The Kier molecular flexibility index (Phi) is 4.76. The summed E-state index contributed by atoms with van der Waals surface area (Å²) in [6.07, 6.45) is 0. The second-order valence-electron chi connectivity index (χ2n) is 5.61. The molecule has 3 aromatic carbocycles. The number of anilines is 2. The largest absolute Gasteiger partial charge is 0.506 e. The number of phenols is 1. The zero-order valence-corrected chi connectivity index (χ0v) is 15.2. The molecule has 26 heavy (non-hydrogen) atoms. The van der Waals surface area contributed by atoms with Gasteiger partial charge in [-0.2, -0.15) is 0 Å². The quantitative estimate of drug-likeness (QED) is 0.587. The molecule has 0 heterocycles. The van der Waals surface area contributed by atoms with Crippen molar-refractivity contribution in [3.05, 3.63) is 59.6 Å². The van der Waals surface area contributed by atoms with Crippen LogP contribution in [-0.2, 0) is 14.8 Å². The van der Waals surface area contributed by atoms with E-state index >= 15 is 0 Å². The molecule has 0 fully saturated rings. The smallest absolute Gasteiger partial charge is 0.261 e. The normalized spacial score (nSPS) is 11.3. The van der Waals surface area contributed by atoms with Crippen LogP contribution in [0.5, 0.6) is 5.75 Å². The van der Waals surface area contributed by atoms with E-state index in [0.717, 1.165) is 0 Å². The van der Waals surface area contributed by atoms with Gasteiger partial charge in [0.2, 0.25) is 5.91 Å². The van der Waals surface area contributed by atoms with Gasteiger partial charge in [0.25, 0.3) is 10.0 Å². The fourth-order valence-corrected chi connectivity index (χ4v) is 3.82. The van der Waals surface area contributed by atoms with Crippen LogP contribution in [-0.4, -0.2) is 19.4 Å². The molecule has 0 bridgehead atoms. The van der Waals surface area contributed by atoms with E-state index in [1.807, 2.05) is 0 Å². The molecule has 8 heteroatoms. The van der Waals surface area contributed by atoms with Gasteiger partial charge in [-0.15, -0.1) is 0 Å². The van der Waals surface area contributed by atoms with Crippen molar-refractivity contribution in [1.29, 1.82) is 0 Å². The Morgan fingerprint density at radius 3 is 2.27 bits per heavy atom. The second kappa shape index (κ2) is 6.86. The van der Waals surface area contributed by atoms with Gasteiger partial charge in [0.15, 0.2) is 0 Å². The highest BCUT2D eigenvalue weighted by molar-refractivity contribution is 7.92. The molecule has 0 aromatic heterocycles. The number of halogens is 1. The summed E-state index contributed by atoms with van der Waals surface area (Å²) in [5, 5.41) is 13.6. The van der Waals surface area contributed by atoms with Crippen LogP contribution in [0, 0.1) is 0 Å². The molecule has 0 atom stereocenters. The predicted octanol–water partition coefficient (Wildman–Crippen LogP) is 3.96. The first-order valence-corrected chi connectivity index (χ1v) is 9.45. The average Bonchev–Trinajstić information content (AvgIpc) is 2.59. The maximum absolute atomic E-state index is 12.7. The number of carbonyl (C=O) groups is 1. The monoisotopic (exact) mass is 390 g/mol. The van der Waals surface area contributed by atoms with Crippen LogP contribution in [0.4, 0.5) is 11.4 Å². The van der Waals surface area contributed by atoms with Crippen molar-refractivity contribution in [2.24, 2.45) is 0 Å². The molecule has 1 amide bonds. The summed E-state index contributed by atoms with van der Waals surface area (Å²) in [7, 11) is -3.88. The molecule has 3 rings (SSSR count). The number of benzene rings is 3. The Balaban J connectivity index is 1.99. The molecule has 0 saturated heterocycles. The predicted molar refractivity (Wildman–Crippen MR) is 102 cm³/mol. The molecule has 0 aliphatic carbocycles. The van der Waals surface area contributed by atoms with Gasteiger partial charge < -0.3 is 10.4 Å². The van der Waals surface area contributed by atoms with Crippen LogP contribution >= 0.6 is 11.6 Å². The Morgan fingerprint density at radius 2 is 1.65 bits per heavy atom. The van der Waals surface area contributed by atoms with Crippen molar-refractivity contribution in [1.82, 2.24) is 0 Å². The van der Waals surface area contributed by atoms with Crippen LogP contribution < -0.4 is 10.0 Å². The molecular formula is C18H15ClN2O4S. The highest BCUT2D eigenvalue weighted by atomic mass is 35.5. The number of amides is 1. The van der Waals surface area contributed by atoms with Crippen molar-refractivity contribution in [2.75, 3.05) is 10.0 Å². The molecule has 0 aliphatic heterocycles. The van der Waals surface area contributed by atoms with E-state index in [9.17, 15) is 18.3 Å². The van der Waals surface area contributed by atoms with Gasteiger partial charge >= 0.3 is 0 Å². The topological polar surface area (TPSA) is 95.5 Å². The van der Waals surface area contributed by atoms with Gasteiger partial charge in [-0.25, -0.2) is 8.42 Å². The van der Waals surface area contributed by atoms with E-state index in [1.54, 1.807) is 24.3 Å². The fourth-order valence-electron chi connectivity index (χ4n) is 2.53. The van der Waals surface area contributed by atoms with Crippen molar-refractivity contribution >= 4 is 49.7 Å². The molecule has 3 N–H and O–H groups in total. The Morgan fingerprint density at radius 1 is 1.04 bits per heavy atom. The van der Waals surface area contributed by atoms with Crippen LogP contribution in [0.15, 0.2) is 59.5 Å². The van der Waals surface area contributed by atoms with E-state index in [2.05, 4.69) is 10.0 Å². The summed E-state index contributed by atoms with van der Waals surface area (Å²) >= 11 is 6.01. The number of hydrogen-bond donors (Lipinski definition) is 3. The summed E-state index contributed by atoms with van der Waals surface area (Å²) in [5.74, 6) is -0.353. The van der Waals surface area contributed by atoms with Crippen molar-refractivity contribution in [2.45, 2.75) is 11.8 Å². The van der Waals surface area contributed by atoms with Crippen molar-refractivity contribution in [3.8, 4) is 5.75 Å². The molecular weight excluding hydrogens is 376 g/mol. The van der Waals surface area contributed by atoms with Crippen LogP contribution in [0.1, 0.15) is 6.92 Å². The number of nitrogens with one attached hydrogen (secondary N) is 2. The Bertz CT molecular complexity index is 1100. The van der Waals surface area contributed by atoms with E-state index in [4.69, 9.17) is 11.6 Å². The maximum atomic E-state index is 12.7. The third-order valence-electron chi connectivity index (χ3n) is 3.70. The number of carbonyl (C=O) groups excluding carboxylic acids is 1. The molecule has 0 spiro atoms. The van der Waals surface area contributed by atoms with Gasteiger partial charge in [0.05, 0.1) is 15.6 Å². The lowest BCUT2D eigenvalue weighted by molar-refractivity contribution is -0.114. The van der Waals surface area contributed by atoms with Crippen LogP contribution in [0.3, 0.4) is 0 Å². The maximum Gasteiger partial charge on any atom is 0.261 e. The SMILES string of the molecule is CC(=O)Nc1ccc(S(=O)(=O)Nc2cc(Cl)c(O)c3ccccc23)cc1. The minimum Gasteiger partial charge on any atom is -0.506 e. The number of rotatable bonds is 4. The lowest BCUT2D eigenvalue weighted by Gasteiger charge is -2.13. The van der Waals surface area contributed by atoms with Gasteiger partial charge in [0, 0.05) is 23.4 Å². The number of hydrogen-bond acceptors (Lipinski definition) is 4. The van der Waals surface area contributed by atoms with Gasteiger partial charge in [-0.05, 0) is 30.3 Å². The third kappa shape index (κ3) is 3.58. The first-order valence-electron chi connectivity index (χ1n) is 7.58. The minimum absolute atomic E-state index is 0.0277. The van der Waals surface area contributed by atoms with Crippen molar-refractivity contribution < 1.29 is 18.3 Å². The first-order chi connectivity index (χ1) is 12.3. The molecule has 0 radical (unpaired) electrons. The van der Waals surface area contributed by atoms with Gasteiger partial charge in [-0.3, -0.25) is 9.52 Å². The van der Waals surface area contributed by atoms with Gasteiger partial charge in [0.1, 0.15) is 5.75 Å². The number of phenolic OH excluding ortho intramolecular Hbond substituents is 1. The van der Waals surface area contributed by atoms with E-state index in [-0.39, 0.29) is 27.3 Å². The van der Waals surface area contributed by atoms with E-state index < -0.39 is 10.0 Å². The van der Waals surface area contributed by atoms with Crippen LogP contribution in [0.25, 0.3) is 10.8 Å². The highest BCUT2D eigenvalue weighted by Gasteiger charge is 2.18. The van der Waals surface area contributed by atoms with Gasteiger partial charge in [-0.1, -0.05) is 35.9 Å². The standard InChI is InChI=1S/C18H15ClN2O4S/c1-11(22)20-12-6-8-13(9-7-12)26(24,25)21-17-10-16(19)18(23)15-5-3-2-4-14(15)17/h2-10,21,23H,1H3,(H,20,22). The summed E-state index contributed by atoms with van der Waals surface area (Å²) in [5.41, 5.74) is 0.754. The molecule has 0 unspecified atom stereocenters.